The summed E-state index contributed by atoms with van der Waals surface area (Å²) in [6.07, 6.45) is -2.44. The number of halogens is 3. The molecule has 0 fully saturated rings. The first-order valence-corrected chi connectivity index (χ1v) is 13.0. The fourth-order valence-electron chi connectivity index (χ4n) is 3.46. The van der Waals surface area contributed by atoms with Crippen molar-refractivity contribution in [2.45, 2.75) is 17.8 Å². The standard InChI is InChI=1S/C27H21F3N2O5S/c1-38(34,35)22-12-10-20(11-13-22)19-8-6-18(7-9-19)17-32-26(33)21-14-15-31-25(16-21)36-23-4-2-3-5-24(23)37-27(28,29)30/h2-16H,17H2,1H3,(H,32,33). The van der Waals surface area contributed by atoms with E-state index < -0.39 is 27.9 Å². The van der Waals surface area contributed by atoms with Crippen LogP contribution in [0, 0.1) is 0 Å². The number of hydrogen-bond acceptors (Lipinski definition) is 6. The molecule has 1 aromatic heterocycles. The van der Waals surface area contributed by atoms with E-state index in [2.05, 4.69) is 15.0 Å². The van der Waals surface area contributed by atoms with Crippen molar-refractivity contribution in [3.8, 4) is 28.5 Å². The van der Waals surface area contributed by atoms with E-state index in [4.69, 9.17) is 4.74 Å². The Morgan fingerprint density at radius 2 is 1.50 bits per heavy atom. The molecule has 4 aromatic rings. The Morgan fingerprint density at radius 1 is 0.895 bits per heavy atom. The number of amides is 1. The highest BCUT2D eigenvalue weighted by Gasteiger charge is 2.32. The number of carbonyl (C=O) groups excluding carboxylic acids is 1. The first-order chi connectivity index (χ1) is 18.0. The van der Waals surface area contributed by atoms with Crippen LogP contribution in [0.4, 0.5) is 13.2 Å². The molecule has 0 aliphatic heterocycles. The molecule has 1 heterocycles. The van der Waals surface area contributed by atoms with Crippen LogP contribution in [0.2, 0.25) is 0 Å². The third kappa shape index (κ3) is 7.10. The van der Waals surface area contributed by atoms with Gasteiger partial charge in [0, 0.05) is 30.6 Å². The average molecular weight is 543 g/mol. The van der Waals surface area contributed by atoms with Crippen LogP contribution in [0.3, 0.4) is 0 Å². The van der Waals surface area contributed by atoms with Crippen LogP contribution in [0.15, 0.2) is 96.0 Å². The van der Waals surface area contributed by atoms with Gasteiger partial charge in [-0.05, 0) is 47.0 Å². The highest BCUT2D eigenvalue weighted by atomic mass is 32.2. The number of nitrogens with zero attached hydrogens (tertiary/aromatic N) is 1. The third-order valence-electron chi connectivity index (χ3n) is 5.31. The van der Waals surface area contributed by atoms with Gasteiger partial charge in [0.05, 0.1) is 4.90 Å². The van der Waals surface area contributed by atoms with Crippen molar-refractivity contribution in [3.63, 3.8) is 0 Å². The molecule has 3 aromatic carbocycles. The fourth-order valence-corrected chi connectivity index (χ4v) is 4.09. The highest BCUT2D eigenvalue weighted by molar-refractivity contribution is 7.90. The lowest BCUT2D eigenvalue weighted by Crippen LogP contribution is -2.22. The van der Waals surface area contributed by atoms with Crippen molar-refractivity contribution in [2.75, 3.05) is 6.26 Å². The van der Waals surface area contributed by atoms with Crippen molar-refractivity contribution in [1.82, 2.24) is 10.3 Å². The molecule has 0 aliphatic carbocycles. The van der Waals surface area contributed by atoms with E-state index >= 15 is 0 Å². The number of carbonyl (C=O) groups is 1. The van der Waals surface area contributed by atoms with Gasteiger partial charge in [0.2, 0.25) is 5.88 Å². The summed E-state index contributed by atoms with van der Waals surface area (Å²) in [5.74, 6) is -1.26. The number of nitrogens with one attached hydrogen (secondary N) is 1. The molecule has 38 heavy (non-hydrogen) atoms. The molecule has 1 N–H and O–H groups in total. The number of alkyl halides is 3. The lowest BCUT2D eigenvalue weighted by Gasteiger charge is -2.13. The van der Waals surface area contributed by atoms with Crippen LogP contribution < -0.4 is 14.8 Å². The smallest absolute Gasteiger partial charge is 0.435 e. The lowest BCUT2D eigenvalue weighted by molar-refractivity contribution is -0.275. The predicted molar refractivity (Wildman–Crippen MR) is 134 cm³/mol. The van der Waals surface area contributed by atoms with Gasteiger partial charge < -0.3 is 14.8 Å². The number of ether oxygens (including phenoxy) is 2. The summed E-state index contributed by atoms with van der Waals surface area (Å²) in [7, 11) is -3.27. The van der Waals surface area contributed by atoms with Crippen LogP contribution in [0.5, 0.6) is 17.4 Å². The Morgan fingerprint density at radius 3 is 2.11 bits per heavy atom. The van der Waals surface area contributed by atoms with Crippen molar-refractivity contribution in [1.29, 1.82) is 0 Å². The molecule has 11 heteroatoms. The molecular formula is C27H21F3N2O5S. The number of pyridine rings is 1. The number of benzene rings is 3. The highest BCUT2D eigenvalue weighted by Crippen LogP contribution is 2.34. The summed E-state index contributed by atoms with van der Waals surface area (Å²) >= 11 is 0. The molecule has 0 bridgehead atoms. The fraction of sp³-hybridized carbons (Fsp3) is 0.111. The molecule has 4 rings (SSSR count). The maximum absolute atomic E-state index is 12.7. The maximum atomic E-state index is 12.7. The predicted octanol–water partition coefficient (Wildman–Crippen LogP) is 5.77. The summed E-state index contributed by atoms with van der Waals surface area (Å²) in [4.78, 5) is 16.9. The van der Waals surface area contributed by atoms with Gasteiger partial charge in [0.15, 0.2) is 21.3 Å². The molecule has 1 amide bonds. The first kappa shape index (κ1) is 26.7. The maximum Gasteiger partial charge on any atom is 0.573 e. The minimum absolute atomic E-state index is 0.0814. The molecule has 0 atom stereocenters. The summed E-state index contributed by atoms with van der Waals surface area (Å²) < 4.78 is 70.6. The molecule has 0 radical (unpaired) electrons. The molecule has 0 spiro atoms. The molecule has 0 unspecified atom stereocenters. The Hall–Kier alpha value is -4.38. The molecule has 7 nitrogen and oxygen atoms in total. The summed E-state index contributed by atoms with van der Waals surface area (Å²) in [5.41, 5.74) is 2.75. The van der Waals surface area contributed by atoms with Crippen LogP contribution in [-0.2, 0) is 16.4 Å². The molecule has 196 valence electrons. The van der Waals surface area contributed by atoms with Gasteiger partial charge in [-0.2, -0.15) is 0 Å². The number of hydrogen-bond donors (Lipinski definition) is 1. The van der Waals surface area contributed by atoms with Crippen LogP contribution >= 0.6 is 0 Å². The molecule has 0 aliphatic rings. The van der Waals surface area contributed by atoms with Crippen molar-refractivity contribution >= 4 is 15.7 Å². The number of para-hydroxylation sites is 2. The number of rotatable bonds is 8. The minimum atomic E-state index is -4.89. The SMILES string of the molecule is CS(=O)(=O)c1ccc(-c2ccc(CNC(=O)c3ccnc(Oc4ccccc4OC(F)(F)F)c3)cc2)cc1. The Balaban J connectivity index is 1.39. The second-order valence-electron chi connectivity index (χ2n) is 8.16. The first-order valence-electron chi connectivity index (χ1n) is 11.1. The topological polar surface area (TPSA) is 94.6 Å². The second-order valence-corrected chi connectivity index (χ2v) is 10.2. The van der Waals surface area contributed by atoms with Crippen molar-refractivity contribution in [3.05, 3.63) is 102 Å². The molecule has 0 saturated carbocycles. The zero-order valence-corrected chi connectivity index (χ0v) is 20.7. The average Bonchev–Trinajstić information content (AvgIpc) is 2.88. The quantitative estimate of drug-likeness (QED) is 0.304. The second kappa shape index (κ2) is 10.9. The number of aromatic nitrogens is 1. The van der Waals surface area contributed by atoms with Crippen molar-refractivity contribution < 1.29 is 35.9 Å². The monoisotopic (exact) mass is 542 g/mol. The van der Waals surface area contributed by atoms with Gasteiger partial charge in [-0.1, -0.05) is 48.5 Å². The van der Waals surface area contributed by atoms with E-state index in [1.54, 1.807) is 24.3 Å². The van der Waals surface area contributed by atoms with E-state index in [-0.39, 0.29) is 28.6 Å². The minimum Gasteiger partial charge on any atom is -0.435 e. The van der Waals surface area contributed by atoms with E-state index in [0.29, 0.717) is 0 Å². The Labute approximate surface area is 216 Å². The van der Waals surface area contributed by atoms with E-state index in [0.717, 1.165) is 29.0 Å². The van der Waals surface area contributed by atoms with E-state index in [9.17, 15) is 26.4 Å². The Kier molecular flexibility index (Phi) is 7.67. The summed E-state index contributed by atoms with van der Waals surface area (Å²) in [5, 5.41) is 2.77. The lowest BCUT2D eigenvalue weighted by atomic mass is 10.0. The van der Waals surface area contributed by atoms with E-state index in [1.165, 1.54) is 36.5 Å². The third-order valence-corrected chi connectivity index (χ3v) is 6.44. The normalized spacial score (nSPS) is 11.6. The Bertz CT molecular complexity index is 1540. The van der Waals surface area contributed by atoms with Gasteiger partial charge in [-0.3, -0.25) is 4.79 Å². The van der Waals surface area contributed by atoms with Crippen LogP contribution in [0.25, 0.3) is 11.1 Å². The van der Waals surface area contributed by atoms with Gasteiger partial charge >= 0.3 is 6.36 Å². The molecular weight excluding hydrogens is 521 g/mol. The van der Waals surface area contributed by atoms with Gasteiger partial charge in [-0.15, -0.1) is 13.2 Å². The molecule has 0 saturated heterocycles. The van der Waals surface area contributed by atoms with Gasteiger partial charge in [-0.25, -0.2) is 13.4 Å². The largest absolute Gasteiger partial charge is 0.573 e. The number of sulfone groups is 1. The van der Waals surface area contributed by atoms with Crippen LogP contribution in [0.1, 0.15) is 15.9 Å². The van der Waals surface area contributed by atoms with Crippen molar-refractivity contribution in [2.24, 2.45) is 0 Å². The van der Waals surface area contributed by atoms with E-state index in [1.807, 2.05) is 24.3 Å². The van der Waals surface area contributed by atoms with Gasteiger partial charge in [0.1, 0.15) is 0 Å². The zero-order valence-electron chi connectivity index (χ0n) is 19.9. The van der Waals surface area contributed by atoms with Crippen LogP contribution in [-0.4, -0.2) is 31.9 Å². The van der Waals surface area contributed by atoms with Gasteiger partial charge in [0.25, 0.3) is 5.91 Å². The summed E-state index contributed by atoms with van der Waals surface area (Å²) in [6, 6.07) is 21.9. The zero-order chi connectivity index (χ0) is 27.3. The summed E-state index contributed by atoms with van der Waals surface area (Å²) in [6.45, 7) is 0.215.